The SMILES string of the molecule is NC(=O)N(CCO)Cc1ccccc1. The number of urea groups is 1. The fraction of sp³-hybridized carbons (Fsp3) is 0.300. The lowest BCUT2D eigenvalue weighted by atomic mass is 10.2. The van der Waals surface area contributed by atoms with Crippen molar-refractivity contribution in [1.29, 1.82) is 0 Å². The predicted octanol–water partition coefficient (Wildman–Crippen LogP) is 0.560. The Labute approximate surface area is 82.9 Å². The number of primary amides is 1. The monoisotopic (exact) mass is 194 g/mol. The number of aliphatic hydroxyl groups is 1. The second kappa shape index (κ2) is 5.24. The molecule has 0 heterocycles. The Bertz CT molecular complexity index is 287. The minimum Gasteiger partial charge on any atom is -0.395 e. The molecule has 14 heavy (non-hydrogen) atoms. The van der Waals surface area contributed by atoms with Crippen LogP contribution in [0.3, 0.4) is 0 Å². The van der Waals surface area contributed by atoms with Gasteiger partial charge in [-0.1, -0.05) is 30.3 Å². The summed E-state index contributed by atoms with van der Waals surface area (Å²) in [6.07, 6.45) is 0. The molecule has 0 fully saturated rings. The van der Waals surface area contributed by atoms with E-state index in [1.54, 1.807) is 0 Å². The molecule has 0 spiro atoms. The summed E-state index contributed by atoms with van der Waals surface area (Å²) in [5, 5.41) is 8.71. The molecule has 1 aromatic rings. The van der Waals surface area contributed by atoms with Gasteiger partial charge in [0.05, 0.1) is 6.61 Å². The number of amides is 2. The Hall–Kier alpha value is -1.55. The zero-order valence-corrected chi connectivity index (χ0v) is 7.89. The summed E-state index contributed by atoms with van der Waals surface area (Å²) in [5.74, 6) is 0. The number of hydrogen-bond acceptors (Lipinski definition) is 2. The van der Waals surface area contributed by atoms with Gasteiger partial charge in [-0.05, 0) is 5.56 Å². The van der Waals surface area contributed by atoms with E-state index in [2.05, 4.69) is 0 Å². The molecule has 3 N–H and O–H groups in total. The van der Waals surface area contributed by atoms with Crippen molar-refractivity contribution in [2.45, 2.75) is 6.54 Å². The second-order valence-electron chi connectivity index (χ2n) is 2.97. The summed E-state index contributed by atoms with van der Waals surface area (Å²) in [5.41, 5.74) is 6.15. The third-order valence-electron chi connectivity index (χ3n) is 1.90. The fourth-order valence-electron chi connectivity index (χ4n) is 1.19. The van der Waals surface area contributed by atoms with E-state index in [-0.39, 0.29) is 13.2 Å². The van der Waals surface area contributed by atoms with Gasteiger partial charge in [0.1, 0.15) is 0 Å². The van der Waals surface area contributed by atoms with Gasteiger partial charge in [0.15, 0.2) is 0 Å². The number of nitrogens with two attached hydrogens (primary N) is 1. The van der Waals surface area contributed by atoms with Crippen LogP contribution in [0.25, 0.3) is 0 Å². The Morgan fingerprint density at radius 1 is 1.36 bits per heavy atom. The molecule has 0 aliphatic rings. The smallest absolute Gasteiger partial charge is 0.315 e. The summed E-state index contributed by atoms with van der Waals surface area (Å²) in [7, 11) is 0. The van der Waals surface area contributed by atoms with Crippen molar-refractivity contribution < 1.29 is 9.90 Å². The lowest BCUT2D eigenvalue weighted by Gasteiger charge is -2.18. The molecule has 0 aliphatic heterocycles. The molecular weight excluding hydrogens is 180 g/mol. The molecule has 1 rings (SSSR count). The molecule has 76 valence electrons. The van der Waals surface area contributed by atoms with Crippen LogP contribution in [0.4, 0.5) is 4.79 Å². The lowest BCUT2D eigenvalue weighted by Crippen LogP contribution is -2.37. The van der Waals surface area contributed by atoms with Gasteiger partial charge in [0.2, 0.25) is 0 Å². The Balaban J connectivity index is 2.60. The van der Waals surface area contributed by atoms with E-state index in [0.717, 1.165) is 5.56 Å². The fourth-order valence-corrected chi connectivity index (χ4v) is 1.19. The Morgan fingerprint density at radius 3 is 2.50 bits per heavy atom. The molecule has 0 bridgehead atoms. The minimum absolute atomic E-state index is 0.0736. The van der Waals surface area contributed by atoms with Crippen molar-refractivity contribution in [3.05, 3.63) is 35.9 Å². The molecule has 0 unspecified atom stereocenters. The van der Waals surface area contributed by atoms with Gasteiger partial charge in [0.25, 0.3) is 0 Å². The molecule has 0 aromatic heterocycles. The number of carbonyl (C=O) groups excluding carboxylic acids is 1. The first kappa shape index (κ1) is 10.5. The third-order valence-corrected chi connectivity index (χ3v) is 1.90. The van der Waals surface area contributed by atoms with Gasteiger partial charge in [-0.2, -0.15) is 0 Å². The average Bonchev–Trinajstić information content (AvgIpc) is 2.18. The van der Waals surface area contributed by atoms with Gasteiger partial charge < -0.3 is 15.7 Å². The van der Waals surface area contributed by atoms with E-state index in [1.165, 1.54) is 4.90 Å². The highest BCUT2D eigenvalue weighted by Crippen LogP contribution is 2.03. The van der Waals surface area contributed by atoms with Gasteiger partial charge in [-0.3, -0.25) is 0 Å². The van der Waals surface area contributed by atoms with Gasteiger partial charge >= 0.3 is 6.03 Å². The van der Waals surface area contributed by atoms with E-state index in [9.17, 15) is 4.79 Å². The average molecular weight is 194 g/mol. The highest BCUT2D eigenvalue weighted by molar-refractivity contribution is 5.71. The largest absolute Gasteiger partial charge is 0.395 e. The molecule has 0 radical (unpaired) electrons. The lowest BCUT2D eigenvalue weighted by molar-refractivity contribution is 0.182. The number of aliphatic hydroxyl groups excluding tert-OH is 1. The zero-order valence-electron chi connectivity index (χ0n) is 7.89. The van der Waals surface area contributed by atoms with Crippen molar-refractivity contribution in [2.24, 2.45) is 5.73 Å². The van der Waals surface area contributed by atoms with Crippen LogP contribution in [0.5, 0.6) is 0 Å². The highest BCUT2D eigenvalue weighted by atomic mass is 16.3. The van der Waals surface area contributed by atoms with Crippen LogP contribution in [-0.2, 0) is 6.54 Å². The van der Waals surface area contributed by atoms with Crippen LogP contribution >= 0.6 is 0 Å². The van der Waals surface area contributed by atoms with Crippen LogP contribution in [0.15, 0.2) is 30.3 Å². The Kier molecular flexibility index (Phi) is 3.94. The standard InChI is InChI=1S/C10H14N2O2/c11-10(14)12(6-7-13)8-9-4-2-1-3-5-9/h1-5,13H,6-8H2,(H2,11,14). The predicted molar refractivity (Wildman–Crippen MR) is 53.5 cm³/mol. The first-order valence-corrected chi connectivity index (χ1v) is 4.43. The van der Waals surface area contributed by atoms with Crippen molar-refractivity contribution in [3.8, 4) is 0 Å². The van der Waals surface area contributed by atoms with Gasteiger partial charge in [-0.25, -0.2) is 4.79 Å². The second-order valence-corrected chi connectivity index (χ2v) is 2.97. The van der Waals surface area contributed by atoms with Gasteiger partial charge in [0, 0.05) is 13.1 Å². The van der Waals surface area contributed by atoms with Crippen molar-refractivity contribution in [3.63, 3.8) is 0 Å². The van der Waals surface area contributed by atoms with Crippen molar-refractivity contribution in [1.82, 2.24) is 4.90 Å². The molecule has 0 aliphatic carbocycles. The van der Waals surface area contributed by atoms with Crippen LogP contribution in [0, 0.1) is 0 Å². The summed E-state index contributed by atoms with van der Waals surface area (Å²) in [4.78, 5) is 12.3. The van der Waals surface area contributed by atoms with E-state index in [0.29, 0.717) is 6.54 Å². The molecule has 0 saturated heterocycles. The van der Waals surface area contributed by atoms with Crippen molar-refractivity contribution in [2.75, 3.05) is 13.2 Å². The van der Waals surface area contributed by atoms with Gasteiger partial charge in [-0.15, -0.1) is 0 Å². The zero-order chi connectivity index (χ0) is 10.4. The number of hydrogen-bond donors (Lipinski definition) is 2. The summed E-state index contributed by atoms with van der Waals surface area (Å²) >= 11 is 0. The summed E-state index contributed by atoms with van der Waals surface area (Å²) in [6.45, 7) is 0.636. The molecule has 1 aromatic carbocycles. The molecule has 0 saturated carbocycles. The van der Waals surface area contributed by atoms with E-state index < -0.39 is 6.03 Å². The maximum Gasteiger partial charge on any atom is 0.315 e. The molecule has 0 atom stereocenters. The first-order valence-electron chi connectivity index (χ1n) is 4.43. The molecule has 4 heteroatoms. The van der Waals surface area contributed by atoms with Crippen LogP contribution in [-0.4, -0.2) is 29.2 Å². The Morgan fingerprint density at radius 2 is 2.00 bits per heavy atom. The maximum atomic E-state index is 10.9. The normalized spacial score (nSPS) is 9.79. The third kappa shape index (κ3) is 3.06. The minimum atomic E-state index is -0.511. The molecule has 2 amide bonds. The summed E-state index contributed by atoms with van der Waals surface area (Å²) < 4.78 is 0. The van der Waals surface area contributed by atoms with E-state index >= 15 is 0 Å². The maximum absolute atomic E-state index is 10.9. The first-order chi connectivity index (χ1) is 6.74. The quantitative estimate of drug-likeness (QED) is 0.735. The van der Waals surface area contributed by atoms with Crippen LogP contribution < -0.4 is 5.73 Å². The van der Waals surface area contributed by atoms with E-state index in [4.69, 9.17) is 10.8 Å². The highest BCUT2D eigenvalue weighted by Gasteiger charge is 2.08. The number of rotatable bonds is 4. The topological polar surface area (TPSA) is 66.6 Å². The van der Waals surface area contributed by atoms with E-state index in [1.807, 2.05) is 30.3 Å². The number of carbonyl (C=O) groups is 1. The number of benzene rings is 1. The summed E-state index contributed by atoms with van der Waals surface area (Å²) in [6, 6.07) is 9.01. The van der Waals surface area contributed by atoms with Crippen LogP contribution in [0.2, 0.25) is 0 Å². The van der Waals surface area contributed by atoms with Crippen molar-refractivity contribution >= 4 is 6.03 Å². The van der Waals surface area contributed by atoms with Crippen LogP contribution in [0.1, 0.15) is 5.56 Å². The molecule has 4 nitrogen and oxygen atoms in total. The number of nitrogens with zero attached hydrogens (tertiary/aromatic N) is 1. The molecular formula is C10H14N2O2.